The van der Waals surface area contributed by atoms with Crippen molar-refractivity contribution in [2.75, 3.05) is 12.3 Å². The predicted octanol–water partition coefficient (Wildman–Crippen LogP) is 2.93. The first-order valence-corrected chi connectivity index (χ1v) is 6.77. The van der Waals surface area contributed by atoms with Crippen LogP contribution in [-0.2, 0) is 5.75 Å². The number of nitro groups is 1. The Morgan fingerprint density at radius 2 is 2.31 bits per heavy atom. The molecule has 6 heteroatoms. The number of nitro benzene ring substituents is 1. The van der Waals surface area contributed by atoms with Crippen LogP contribution in [0.4, 0.5) is 5.69 Å². The molecule has 84 valence electrons. The number of thioether (sulfide) groups is 2. The van der Waals surface area contributed by atoms with Crippen LogP contribution in [0.25, 0.3) is 0 Å². The molecule has 2 rings (SSSR count). The molecule has 1 aromatic rings. The summed E-state index contributed by atoms with van der Waals surface area (Å²) < 4.78 is 1.04. The Kier molecular flexibility index (Phi) is 3.84. The highest BCUT2D eigenvalue weighted by atomic mass is 32.2. The van der Waals surface area contributed by atoms with Gasteiger partial charge in [0, 0.05) is 23.1 Å². The smallest absolute Gasteiger partial charge is 0.271 e. The van der Waals surface area contributed by atoms with Crippen LogP contribution in [-0.4, -0.2) is 21.6 Å². The fraction of sp³-hybridized carbons (Fsp3) is 0.300. The van der Waals surface area contributed by atoms with E-state index in [0.717, 1.165) is 22.2 Å². The Hall–Kier alpha value is -1.01. The maximum absolute atomic E-state index is 10.8. The highest BCUT2D eigenvalue weighted by molar-refractivity contribution is 8.38. The molecule has 0 radical (unpaired) electrons. The van der Waals surface area contributed by atoms with Crippen molar-refractivity contribution >= 4 is 33.6 Å². The topological polar surface area (TPSA) is 55.5 Å². The summed E-state index contributed by atoms with van der Waals surface area (Å²) >= 11 is 3.30. The summed E-state index contributed by atoms with van der Waals surface area (Å²) in [7, 11) is 0. The van der Waals surface area contributed by atoms with Crippen molar-refractivity contribution in [3.8, 4) is 0 Å². The molecule has 0 fully saturated rings. The Morgan fingerprint density at radius 3 is 3.00 bits per heavy atom. The molecular weight excluding hydrogens is 244 g/mol. The van der Waals surface area contributed by atoms with Crippen molar-refractivity contribution in [1.29, 1.82) is 0 Å². The summed E-state index contributed by atoms with van der Waals surface area (Å²) in [5.74, 6) is 1.64. The van der Waals surface area contributed by atoms with Crippen LogP contribution in [0.3, 0.4) is 0 Å². The number of rotatable bonds is 3. The molecule has 0 atom stereocenters. The van der Waals surface area contributed by atoms with E-state index in [4.69, 9.17) is 0 Å². The fourth-order valence-corrected chi connectivity index (χ4v) is 3.36. The third kappa shape index (κ3) is 2.76. The fourth-order valence-electron chi connectivity index (χ4n) is 1.35. The van der Waals surface area contributed by atoms with E-state index in [1.807, 2.05) is 6.07 Å². The van der Waals surface area contributed by atoms with Crippen molar-refractivity contribution in [2.24, 2.45) is 4.99 Å². The van der Waals surface area contributed by atoms with Crippen molar-refractivity contribution in [1.82, 2.24) is 0 Å². The van der Waals surface area contributed by atoms with Gasteiger partial charge in [-0.05, 0) is 0 Å². The van der Waals surface area contributed by atoms with Crippen LogP contribution < -0.4 is 0 Å². The molecule has 0 saturated carbocycles. The lowest BCUT2D eigenvalue weighted by molar-refractivity contribution is -0.385. The van der Waals surface area contributed by atoms with E-state index in [1.54, 1.807) is 41.7 Å². The first kappa shape index (κ1) is 11.5. The maximum atomic E-state index is 10.8. The lowest BCUT2D eigenvalue weighted by atomic mass is 10.2. The number of hydrogen-bond donors (Lipinski definition) is 0. The first-order valence-electron chi connectivity index (χ1n) is 4.80. The number of aliphatic imine (C=N–C) groups is 1. The highest BCUT2D eigenvalue weighted by Crippen LogP contribution is 2.28. The van der Waals surface area contributed by atoms with Gasteiger partial charge in [-0.1, -0.05) is 41.7 Å². The summed E-state index contributed by atoms with van der Waals surface area (Å²) in [6.07, 6.45) is 0. The zero-order valence-electron chi connectivity index (χ0n) is 8.46. The molecule has 1 aromatic carbocycles. The monoisotopic (exact) mass is 254 g/mol. The normalized spacial score (nSPS) is 14.9. The molecule has 0 saturated heterocycles. The van der Waals surface area contributed by atoms with E-state index < -0.39 is 0 Å². The second-order valence-corrected chi connectivity index (χ2v) is 5.48. The molecule has 16 heavy (non-hydrogen) atoms. The molecule has 4 nitrogen and oxygen atoms in total. The van der Waals surface area contributed by atoms with Gasteiger partial charge in [0.1, 0.15) is 4.38 Å². The molecule has 1 aliphatic heterocycles. The minimum absolute atomic E-state index is 0.193. The van der Waals surface area contributed by atoms with Gasteiger partial charge in [-0.15, -0.1) is 0 Å². The minimum Gasteiger partial charge on any atom is -0.271 e. The number of hydrogen-bond acceptors (Lipinski definition) is 5. The van der Waals surface area contributed by atoms with Crippen molar-refractivity contribution < 1.29 is 4.92 Å². The molecule has 1 heterocycles. The molecule has 0 bridgehead atoms. The Bertz CT molecular complexity index is 435. The van der Waals surface area contributed by atoms with E-state index >= 15 is 0 Å². The van der Waals surface area contributed by atoms with E-state index in [2.05, 4.69) is 4.99 Å². The lowest BCUT2D eigenvalue weighted by Gasteiger charge is -2.01. The van der Waals surface area contributed by atoms with Crippen LogP contribution >= 0.6 is 23.5 Å². The van der Waals surface area contributed by atoms with Gasteiger partial charge >= 0.3 is 0 Å². The van der Waals surface area contributed by atoms with Crippen LogP contribution in [0.2, 0.25) is 0 Å². The van der Waals surface area contributed by atoms with E-state index in [9.17, 15) is 10.1 Å². The summed E-state index contributed by atoms with van der Waals surface area (Å²) in [6.45, 7) is 0.865. The SMILES string of the molecule is O=[N+]([O-])c1ccccc1CSC1=NCCS1. The molecule has 0 amide bonds. The van der Waals surface area contributed by atoms with Gasteiger partial charge in [0.05, 0.1) is 11.5 Å². The van der Waals surface area contributed by atoms with Gasteiger partial charge in [0.25, 0.3) is 5.69 Å². The molecule has 0 spiro atoms. The second kappa shape index (κ2) is 5.36. The number of nitrogens with zero attached hydrogens (tertiary/aromatic N) is 2. The Labute approximate surface area is 102 Å². The zero-order valence-corrected chi connectivity index (χ0v) is 10.1. The van der Waals surface area contributed by atoms with Gasteiger partial charge in [-0.3, -0.25) is 15.1 Å². The van der Waals surface area contributed by atoms with Gasteiger partial charge in [0.15, 0.2) is 0 Å². The van der Waals surface area contributed by atoms with Gasteiger partial charge in [0.2, 0.25) is 0 Å². The van der Waals surface area contributed by atoms with Crippen molar-refractivity contribution in [3.05, 3.63) is 39.9 Å². The molecule has 0 aliphatic carbocycles. The van der Waals surface area contributed by atoms with E-state index in [0.29, 0.717) is 5.75 Å². The minimum atomic E-state index is -0.334. The summed E-state index contributed by atoms with van der Waals surface area (Å²) in [4.78, 5) is 14.7. The third-order valence-electron chi connectivity index (χ3n) is 2.10. The Balaban J connectivity index is 2.05. The Morgan fingerprint density at radius 1 is 1.50 bits per heavy atom. The largest absolute Gasteiger partial charge is 0.273 e. The molecule has 0 N–H and O–H groups in total. The quantitative estimate of drug-likeness (QED) is 0.614. The van der Waals surface area contributed by atoms with Crippen molar-refractivity contribution in [2.45, 2.75) is 5.75 Å². The highest BCUT2D eigenvalue weighted by Gasteiger charge is 2.14. The lowest BCUT2D eigenvalue weighted by Crippen LogP contribution is -1.94. The molecule has 0 aromatic heterocycles. The maximum Gasteiger partial charge on any atom is 0.273 e. The van der Waals surface area contributed by atoms with Gasteiger partial charge in [-0.25, -0.2) is 0 Å². The van der Waals surface area contributed by atoms with Crippen molar-refractivity contribution in [3.63, 3.8) is 0 Å². The third-order valence-corrected chi connectivity index (χ3v) is 4.40. The average Bonchev–Trinajstić information content (AvgIpc) is 2.79. The van der Waals surface area contributed by atoms with Gasteiger partial charge in [-0.2, -0.15) is 0 Å². The molecule has 1 aliphatic rings. The van der Waals surface area contributed by atoms with E-state index in [-0.39, 0.29) is 10.6 Å². The second-order valence-electron chi connectivity index (χ2n) is 3.17. The molecule has 0 unspecified atom stereocenters. The van der Waals surface area contributed by atoms with Crippen LogP contribution in [0.5, 0.6) is 0 Å². The van der Waals surface area contributed by atoms with Gasteiger partial charge < -0.3 is 0 Å². The van der Waals surface area contributed by atoms with E-state index in [1.165, 1.54) is 0 Å². The predicted molar refractivity (Wildman–Crippen MR) is 69.2 cm³/mol. The zero-order chi connectivity index (χ0) is 11.4. The van der Waals surface area contributed by atoms with Crippen LogP contribution in [0, 0.1) is 10.1 Å². The standard InChI is InChI=1S/C10H10N2O2S2/c13-12(14)9-4-2-1-3-8(9)7-16-10-11-5-6-15-10/h1-4H,5-7H2. The average molecular weight is 254 g/mol. The van der Waals surface area contributed by atoms with Crippen LogP contribution in [0.15, 0.2) is 29.3 Å². The summed E-state index contributed by atoms with van der Waals surface area (Å²) in [5, 5.41) is 10.8. The number of para-hydroxylation sites is 1. The summed E-state index contributed by atoms with van der Waals surface area (Å²) in [5.41, 5.74) is 0.950. The van der Waals surface area contributed by atoms with Crippen LogP contribution in [0.1, 0.15) is 5.56 Å². The molecular formula is C10H10N2O2S2. The summed E-state index contributed by atoms with van der Waals surface area (Å²) in [6, 6.07) is 6.85. The number of benzene rings is 1. The first-order chi connectivity index (χ1) is 7.77.